The van der Waals surface area contributed by atoms with Gasteiger partial charge in [0.1, 0.15) is 9.88 Å². The summed E-state index contributed by atoms with van der Waals surface area (Å²) >= 11 is 2.57. The second-order valence-electron chi connectivity index (χ2n) is 6.35. The highest BCUT2D eigenvalue weighted by molar-refractivity contribution is 7.17. The molecule has 0 bridgehead atoms. The number of nitrogens with one attached hydrogen (secondary N) is 1. The number of amides is 1. The number of carbonyl (C=O) groups excluding carboxylic acids is 1. The predicted molar refractivity (Wildman–Crippen MR) is 112 cm³/mol. The van der Waals surface area contributed by atoms with Crippen molar-refractivity contribution in [2.24, 2.45) is 0 Å². The maximum Gasteiger partial charge on any atom is 0.416 e. The van der Waals surface area contributed by atoms with Crippen LogP contribution in [0.5, 0.6) is 0 Å². The van der Waals surface area contributed by atoms with Gasteiger partial charge in [-0.25, -0.2) is 9.97 Å². The maximum atomic E-state index is 12.7. The molecule has 4 aromatic rings. The smallest absolute Gasteiger partial charge is 0.297 e. The average Bonchev–Trinajstić information content (AvgIpc) is 3.38. The van der Waals surface area contributed by atoms with E-state index in [9.17, 15) is 18.0 Å². The summed E-state index contributed by atoms with van der Waals surface area (Å²) in [4.78, 5) is 22.3. The zero-order valence-electron chi connectivity index (χ0n) is 15.3. The van der Waals surface area contributed by atoms with Gasteiger partial charge >= 0.3 is 6.18 Å². The fraction of sp³-hybridized carbons (Fsp3) is 0.0952. The average molecular weight is 445 g/mol. The third-order valence-corrected chi connectivity index (χ3v) is 6.14. The number of alkyl halides is 3. The van der Waals surface area contributed by atoms with Crippen molar-refractivity contribution in [3.8, 4) is 10.6 Å². The summed E-state index contributed by atoms with van der Waals surface area (Å²) in [7, 11) is 0. The highest BCUT2D eigenvalue weighted by atomic mass is 32.1. The summed E-state index contributed by atoms with van der Waals surface area (Å²) in [5.41, 5.74) is 0.997. The van der Waals surface area contributed by atoms with Gasteiger partial charge in [0.05, 0.1) is 11.8 Å². The number of rotatable bonds is 5. The Morgan fingerprint density at radius 3 is 2.37 bits per heavy atom. The van der Waals surface area contributed by atoms with E-state index in [0.29, 0.717) is 16.4 Å². The zero-order valence-corrected chi connectivity index (χ0v) is 16.9. The van der Waals surface area contributed by atoms with Gasteiger partial charge in [0, 0.05) is 23.1 Å². The molecule has 0 fully saturated rings. The molecule has 30 heavy (non-hydrogen) atoms. The summed E-state index contributed by atoms with van der Waals surface area (Å²) < 4.78 is 38.0. The number of halogens is 3. The second-order valence-corrected chi connectivity index (χ2v) is 8.50. The van der Waals surface area contributed by atoms with Crippen molar-refractivity contribution in [1.82, 2.24) is 9.97 Å². The Labute approximate surface area is 178 Å². The largest absolute Gasteiger partial charge is 0.416 e. The molecule has 0 saturated heterocycles. The molecule has 0 atom stereocenters. The van der Waals surface area contributed by atoms with E-state index in [1.165, 1.54) is 41.0 Å². The number of thiazole rings is 2. The quantitative estimate of drug-likeness (QED) is 0.402. The Kier molecular flexibility index (Phi) is 5.65. The molecule has 2 aromatic carbocycles. The molecule has 0 radical (unpaired) electrons. The summed E-state index contributed by atoms with van der Waals surface area (Å²) in [6, 6.07) is 14.6. The zero-order chi connectivity index (χ0) is 21.1. The maximum absolute atomic E-state index is 12.7. The third-order valence-electron chi connectivity index (χ3n) is 4.18. The lowest BCUT2D eigenvalue weighted by atomic mass is 10.1. The van der Waals surface area contributed by atoms with Crippen molar-refractivity contribution in [1.29, 1.82) is 0 Å². The molecule has 0 saturated carbocycles. The molecule has 0 aliphatic rings. The Balaban J connectivity index is 1.40. The van der Waals surface area contributed by atoms with Crippen LogP contribution in [0.4, 0.5) is 18.3 Å². The minimum absolute atomic E-state index is 0.301. The summed E-state index contributed by atoms with van der Waals surface area (Å²) in [5, 5.41) is 3.93. The van der Waals surface area contributed by atoms with E-state index in [1.54, 1.807) is 6.20 Å². The van der Waals surface area contributed by atoms with Crippen LogP contribution in [0.1, 0.15) is 25.7 Å². The van der Waals surface area contributed by atoms with Gasteiger partial charge in [-0.3, -0.25) is 10.1 Å². The topological polar surface area (TPSA) is 54.9 Å². The summed E-state index contributed by atoms with van der Waals surface area (Å²) in [6.07, 6.45) is -0.777. The minimum atomic E-state index is -4.35. The van der Waals surface area contributed by atoms with Crippen LogP contribution in [-0.2, 0) is 12.6 Å². The lowest BCUT2D eigenvalue weighted by Gasteiger charge is -2.06. The van der Waals surface area contributed by atoms with Crippen molar-refractivity contribution in [3.05, 3.63) is 87.9 Å². The first kappa shape index (κ1) is 20.2. The fourth-order valence-electron chi connectivity index (χ4n) is 2.71. The number of carbonyl (C=O) groups is 1. The van der Waals surface area contributed by atoms with Crippen molar-refractivity contribution in [2.75, 3.05) is 5.32 Å². The highest BCUT2D eigenvalue weighted by Gasteiger charge is 2.29. The van der Waals surface area contributed by atoms with E-state index in [1.807, 2.05) is 30.3 Å². The highest BCUT2D eigenvalue weighted by Crippen LogP contribution is 2.30. The Morgan fingerprint density at radius 1 is 0.933 bits per heavy atom. The number of hydrogen-bond acceptors (Lipinski definition) is 5. The van der Waals surface area contributed by atoms with Gasteiger partial charge in [0.2, 0.25) is 0 Å². The minimum Gasteiger partial charge on any atom is -0.297 e. The molecule has 9 heteroatoms. The first-order valence-electron chi connectivity index (χ1n) is 8.82. The molecule has 0 unspecified atom stereocenters. The van der Waals surface area contributed by atoms with Gasteiger partial charge < -0.3 is 0 Å². The van der Waals surface area contributed by atoms with Crippen LogP contribution in [-0.4, -0.2) is 15.9 Å². The lowest BCUT2D eigenvalue weighted by molar-refractivity contribution is -0.137. The monoisotopic (exact) mass is 445 g/mol. The molecule has 4 nitrogen and oxygen atoms in total. The van der Waals surface area contributed by atoms with Crippen LogP contribution < -0.4 is 5.32 Å². The number of hydrogen-bond donors (Lipinski definition) is 1. The normalized spacial score (nSPS) is 11.4. The molecule has 152 valence electrons. The van der Waals surface area contributed by atoms with E-state index in [4.69, 9.17) is 0 Å². The van der Waals surface area contributed by atoms with Crippen molar-refractivity contribution in [2.45, 2.75) is 12.6 Å². The first-order chi connectivity index (χ1) is 14.4. The molecule has 0 spiro atoms. The standard InChI is InChI=1S/C21H14F3N3OS2/c22-21(23,24)15-8-6-13(7-9-15)10-16-11-26-20(29-16)27-18(28)17-12-25-19(30-17)14-4-2-1-3-5-14/h1-9,11-12H,10H2,(H,26,27,28). The van der Waals surface area contributed by atoms with E-state index in [2.05, 4.69) is 15.3 Å². The molecule has 1 amide bonds. The number of nitrogens with zero attached hydrogens (tertiary/aromatic N) is 2. The van der Waals surface area contributed by atoms with Crippen LogP contribution in [0.2, 0.25) is 0 Å². The Morgan fingerprint density at radius 2 is 1.67 bits per heavy atom. The molecule has 4 rings (SSSR count). The van der Waals surface area contributed by atoms with Gasteiger partial charge in [-0.05, 0) is 17.7 Å². The van der Waals surface area contributed by atoms with E-state index in [0.717, 1.165) is 33.1 Å². The molecular weight excluding hydrogens is 431 g/mol. The molecule has 1 N–H and O–H groups in total. The van der Waals surface area contributed by atoms with Crippen LogP contribution in [0.3, 0.4) is 0 Å². The van der Waals surface area contributed by atoms with E-state index < -0.39 is 11.7 Å². The fourth-order valence-corrected chi connectivity index (χ4v) is 4.37. The molecule has 0 aliphatic carbocycles. The van der Waals surface area contributed by atoms with Crippen molar-refractivity contribution in [3.63, 3.8) is 0 Å². The van der Waals surface area contributed by atoms with Crippen molar-refractivity contribution >= 4 is 33.7 Å². The van der Waals surface area contributed by atoms with E-state index >= 15 is 0 Å². The van der Waals surface area contributed by atoms with Gasteiger partial charge in [-0.15, -0.1) is 22.7 Å². The summed E-state index contributed by atoms with van der Waals surface area (Å²) in [5.74, 6) is -0.301. The predicted octanol–water partition coefficient (Wildman–Crippen LogP) is 6.13. The lowest BCUT2D eigenvalue weighted by Crippen LogP contribution is -2.09. The van der Waals surface area contributed by atoms with Crippen LogP contribution in [0, 0.1) is 0 Å². The Hall–Kier alpha value is -3.04. The van der Waals surface area contributed by atoms with Gasteiger partial charge in [0.15, 0.2) is 5.13 Å². The van der Waals surface area contributed by atoms with Crippen LogP contribution in [0.15, 0.2) is 67.0 Å². The molecule has 0 aliphatic heterocycles. The molecule has 2 aromatic heterocycles. The molecule has 2 heterocycles. The van der Waals surface area contributed by atoms with E-state index in [-0.39, 0.29) is 5.91 Å². The van der Waals surface area contributed by atoms with Crippen molar-refractivity contribution < 1.29 is 18.0 Å². The van der Waals surface area contributed by atoms with Gasteiger partial charge in [-0.1, -0.05) is 42.5 Å². The van der Waals surface area contributed by atoms with Gasteiger partial charge in [-0.2, -0.15) is 13.2 Å². The van der Waals surface area contributed by atoms with Gasteiger partial charge in [0.25, 0.3) is 5.91 Å². The SMILES string of the molecule is O=C(Nc1ncc(Cc2ccc(C(F)(F)F)cc2)s1)c1cnc(-c2ccccc2)s1. The summed E-state index contributed by atoms with van der Waals surface area (Å²) in [6.45, 7) is 0. The first-order valence-corrected chi connectivity index (χ1v) is 10.5. The number of benzene rings is 2. The van der Waals surface area contributed by atoms with Crippen LogP contribution >= 0.6 is 22.7 Å². The Bertz CT molecular complexity index is 1150. The van der Waals surface area contributed by atoms with Crippen LogP contribution in [0.25, 0.3) is 10.6 Å². The molecular formula is C21H14F3N3OS2. The second kappa shape index (κ2) is 8.37. The number of aromatic nitrogens is 2. The third kappa shape index (κ3) is 4.74. The number of anilines is 1.